The van der Waals surface area contributed by atoms with Gasteiger partial charge in [0.2, 0.25) is 5.91 Å². The number of hydrogen-bond acceptors (Lipinski definition) is 4. The van der Waals surface area contributed by atoms with Gasteiger partial charge < -0.3 is 14.6 Å². The summed E-state index contributed by atoms with van der Waals surface area (Å²) in [5.74, 6) is 1.11. The highest BCUT2D eigenvalue weighted by atomic mass is 79.9. The predicted octanol–water partition coefficient (Wildman–Crippen LogP) is 4.06. The van der Waals surface area contributed by atoms with Crippen LogP contribution >= 0.6 is 15.9 Å². The molecule has 0 saturated carbocycles. The number of aromatic nitrogens is 2. The van der Waals surface area contributed by atoms with Crippen LogP contribution in [0.2, 0.25) is 0 Å². The average molecular weight is 456 g/mol. The van der Waals surface area contributed by atoms with E-state index >= 15 is 0 Å². The van der Waals surface area contributed by atoms with E-state index in [0.717, 1.165) is 10.0 Å². The number of imidazole rings is 1. The van der Waals surface area contributed by atoms with Crippen molar-refractivity contribution in [2.45, 2.75) is 18.9 Å². The summed E-state index contributed by atoms with van der Waals surface area (Å²) < 4.78 is 8.07. The maximum absolute atomic E-state index is 12.6. The molecule has 29 heavy (non-hydrogen) atoms. The Morgan fingerprint density at radius 3 is 2.59 bits per heavy atom. The van der Waals surface area contributed by atoms with E-state index < -0.39 is 6.04 Å². The van der Waals surface area contributed by atoms with Crippen molar-refractivity contribution in [2.75, 3.05) is 7.11 Å². The number of methoxy groups -OCH3 is 1. The first-order valence-electron chi connectivity index (χ1n) is 9.17. The number of aryl methyl sites for hydroxylation is 1. The number of rotatable bonds is 8. The number of nitrogens with one attached hydrogen (secondary N) is 1. The second-order valence-electron chi connectivity index (χ2n) is 6.60. The molecule has 7 heteroatoms. The number of carbonyl (C=O) groups is 2. The van der Waals surface area contributed by atoms with Gasteiger partial charge >= 0.3 is 0 Å². The third-order valence-electron chi connectivity index (χ3n) is 4.59. The SMILES string of the molecule is COc1cccc([C@@H](NC(=O)CCC(=O)c2ccc(Br)cc2)c2nccn2C)c1. The van der Waals surface area contributed by atoms with Crippen LogP contribution in [-0.2, 0) is 11.8 Å². The predicted molar refractivity (Wildman–Crippen MR) is 114 cm³/mol. The van der Waals surface area contributed by atoms with Crippen molar-refractivity contribution in [3.05, 3.63) is 82.3 Å². The van der Waals surface area contributed by atoms with E-state index in [-0.39, 0.29) is 24.5 Å². The molecule has 0 saturated heterocycles. The summed E-state index contributed by atoms with van der Waals surface area (Å²) in [6.45, 7) is 0. The number of ketones is 1. The van der Waals surface area contributed by atoms with E-state index in [1.807, 2.05) is 54.2 Å². The van der Waals surface area contributed by atoms with Crippen LogP contribution in [0.15, 0.2) is 65.4 Å². The molecule has 1 N–H and O–H groups in total. The van der Waals surface area contributed by atoms with Crippen LogP contribution in [0.25, 0.3) is 0 Å². The molecule has 2 aromatic carbocycles. The molecule has 0 aliphatic carbocycles. The number of ether oxygens (including phenoxy) is 1. The van der Waals surface area contributed by atoms with Crippen LogP contribution in [-0.4, -0.2) is 28.4 Å². The first kappa shape index (κ1) is 20.8. The molecule has 0 unspecified atom stereocenters. The molecule has 1 aromatic heterocycles. The molecule has 6 nitrogen and oxygen atoms in total. The number of carbonyl (C=O) groups excluding carboxylic acids is 2. The monoisotopic (exact) mass is 455 g/mol. The first-order valence-corrected chi connectivity index (χ1v) is 9.96. The van der Waals surface area contributed by atoms with Gasteiger partial charge in [-0.15, -0.1) is 0 Å². The van der Waals surface area contributed by atoms with Gasteiger partial charge in [0.25, 0.3) is 0 Å². The molecule has 0 aliphatic heterocycles. The molecular weight excluding hydrogens is 434 g/mol. The summed E-state index contributed by atoms with van der Waals surface area (Å²) >= 11 is 3.35. The van der Waals surface area contributed by atoms with Crippen molar-refractivity contribution in [1.29, 1.82) is 0 Å². The lowest BCUT2D eigenvalue weighted by atomic mass is 10.0. The Kier molecular flexibility index (Phi) is 6.82. The van der Waals surface area contributed by atoms with Crippen molar-refractivity contribution < 1.29 is 14.3 Å². The fourth-order valence-electron chi connectivity index (χ4n) is 3.01. The van der Waals surface area contributed by atoms with Crippen molar-refractivity contribution >= 4 is 27.6 Å². The van der Waals surface area contributed by atoms with Gasteiger partial charge in [0.1, 0.15) is 17.6 Å². The summed E-state index contributed by atoms with van der Waals surface area (Å²) in [7, 11) is 3.47. The number of hydrogen-bond donors (Lipinski definition) is 1. The fraction of sp³-hybridized carbons (Fsp3) is 0.227. The van der Waals surface area contributed by atoms with E-state index in [9.17, 15) is 9.59 Å². The Morgan fingerprint density at radius 1 is 1.17 bits per heavy atom. The zero-order chi connectivity index (χ0) is 20.8. The van der Waals surface area contributed by atoms with E-state index in [2.05, 4.69) is 26.2 Å². The Balaban J connectivity index is 1.72. The van der Waals surface area contributed by atoms with E-state index in [4.69, 9.17) is 4.74 Å². The molecule has 3 aromatic rings. The second kappa shape index (κ2) is 9.52. The molecular formula is C22H22BrN3O3. The van der Waals surface area contributed by atoms with Crippen molar-refractivity contribution in [3.8, 4) is 5.75 Å². The number of amides is 1. The van der Waals surface area contributed by atoms with Crippen LogP contribution < -0.4 is 10.1 Å². The third kappa shape index (κ3) is 5.32. The van der Waals surface area contributed by atoms with Gasteiger partial charge in [-0.05, 0) is 29.8 Å². The molecule has 0 bridgehead atoms. The Hall–Kier alpha value is -2.93. The van der Waals surface area contributed by atoms with Gasteiger partial charge in [-0.25, -0.2) is 4.98 Å². The molecule has 0 aliphatic rings. The maximum Gasteiger partial charge on any atom is 0.221 e. The number of nitrogens with zero attached hydrogens (tertiary/aromatic N) is 2. The van der Waals surface area contributed by atoms with Crippen LogP contribution in [0.4, 0.5) is 0 Å². The summed E-state index contributed by atoms with van der Waals surface area (Å²) in [5.41, 5.74) is 1.45. The minimum absolute atomic E-state index is 0.0671. The van der Waals surface area contributed by atoms with Crippen LogP contribution in [0.5, 0.6) is 5.75 Å². The van der Waals surface area contributed by atoms with E-state index in [1.54, 1.807) is 25.4 Å². The topological polar surface area (TPSA) is 73.2 Å². The fourth-order valence-corrected chi connectivity index (χ4v) is 3.28. The molecule has 1 heterocycles. The lowest BCUT2D eigenvalue weighted by molar-refractivity contribution is -0.121. The first-order chi connectivity index (χ1) is 14.0. The zero-order valence-electron chi connectivity index (χ0n) is 16.3. The second-order valence-corrected chi connectivity index (χ2v) is 7.52. The molecule has 3 rings (SSSR count). The highest BCUT2D eigenvalue weighted by Gasteiger charge is 2.21. The number of halogens is 1. The molecule has 0 fully saturated rings. The van der Waals surface area contributed by atoms with Crippen LogP contribution in [0.3, 0.4) is 0 Å². The van der Waals surface area contributed by atoms with Crippen molar-refractivity contribution in [3.63, 3.8) is 0 Å². The largest absolute Gasteiger partial charge is 0.497 e. The molecule has 0 spiro atoms. The van der Waals surface area contributed by atoms with Gasteiger partial charge in [0.05, 0.1) is 7.11 Å². The van der Waals surface area contributed by atoms with Gasteiger partial charge in [0, 0.05) is 42.3 Å². The summed E-state index contributed by atoms with van der Waals surface area (Å²) in [6.07, 6.45) is 3.75. The van der Waals surface area contributed by atoms with Crippen molar-refractivity contribution in [2.24, 2.45) is 7.05 Å². The van der Waals surface area contributed by atoms with Gasteiger partial charge in [0.15, 0.2) is 5.78 Å². The summed E-state index contributed by atoms with van der Waals surface area (Å²) in [6, 6.07) is 14.2. The summed E-state index contributed by atoms with van der Waals surface area (Å²) in [4.78, 5) is 29.4. The van der Waals surface area contributed by atoms with E-state index in [1.165, 1.54) is 0 Å². The minimum atomic E-state index is -0.444. The number of Topliss-reactive ketones (excluding diaryl/α,β-unsaturated/α-hetero) is 1. The average Bonchev–Trinajstić information content (AvgIpc) is 3.16. The van der Waals surface area contributed by atoms with E-state index in [0.29, 0.717) is 17.1 Å². The standard InChI is InChI=1S/C22H22BrN3O3/c1-26-13-12-24-22(26)21(16-4-3-5-18(14-16)29-2)25-20(28)11-10-19(27)15-6-8-17(23)9-7-15/h3-9,12-14,21H,10-11H2,1-2H3,(H,25,28)/t21-/m1/s1. The quantitative estimate of drug-likeness (QED) is 0.519. The smallest absolute Gasteiger partial charge is 0.221 e. The molecule has 150 valence electrons. The van der Waals surface area contributed by atoms with Gasteiger partial charge in [-0.2, -0.15) is 0 Å². The maximum atomic E-state index is 12.6. The lowest BCUT2D eigenvalue weighted by Crippen LogP contribution is -2.31. The van der Waals surface area contributed by atoms with Crippen molar-refractivity contribution in [1.82, 2.24) is 14.9 Å². The van der Waals surface area contributed by atoms with Crippen LogP contribution in [0.1, 0.15) is 40.6 Å². The Morgan fingerprint density at radius 2 is 1.93 bits per heavy atom. The van der Waals surface area contributed by atoms with Crippen LogP contribution in [0, 0.1) is 0 Å². The zero-order valence-corrected chi connectivity index (χ0v) is 17.8. The third-order valence-corrected chi connectivity index (χ3v) is 5.12. The Labute approximate surface area is 178 Å². The molecule has 1 amide bonds. The molecule has 0 radical (unpaired) electrons. The normalized spacial score (nSPS) is 11.7. The van der Waals surface area contributed by atoms with Gasteiger partial charge in [-0.1, -0.05) is 40.2 Å². The highest BCUT2D eigenvalue weighted by Crippen LogP contribution is 2.24. The highest BCUT2D eigenvalue weighted by molar-refractivity contribution is 9.10. The summed E-state index contributed by atoms with van der Waals surface area (Å²) in [5, 5.41) is 3.01. The number of benzene rings is 2. The van der Waals surface area contributed by atoms with Gasteiger partial charge in [-0.3, -0.25) is 9.59 Å². The lowest BCUT2D eigenvalue weighted by Gasteiger charge is -2.19. The Bertz CT molecular complexity index is 999. The molecule has 1 atom stereocenters. The minimum Gasteiger partial charge on any atom is -0.497 e.